The van der Waals surface area contributed by atoms with Crippen molar-refractivity contribution in [1.29, 1.82) is 0 Å². The Morgan fingerprint density at radius 3 is 2.33 bits per heavy atom. The largest absolute Gasteiger partial charge is 0.504 e. The van der Waals surface area contributed by atoms with Crippen LogP contribution in [0.2, 0.25) is 0 Å². The summed E-state index contributed by atoms with van der Waals surface area (Å²) in [5.41, 5.74) is 2.57. The van der Waals surface area contributed by atoms with Gasteiger partial charge in [0.1, 0.15) is 5.75 Å². The molecular formula is C18H22O3. The molecule has 0 spiro atoms. The van der Waals surface area contributed by atoms with Gasteiger partial charge in [-0.25, -0.2) is 0 Å². The van der Waals surface area contributed by atoms with Crippen LogP contribution in [0.25, 0.3) is 11.1 Å². The smallest absolute Gasteiger partial charge is 0.161 e. The van der Waals surface area contributed by atoms with Crippen LogP contribution in [0.3, 0.4) is 0 Å². The minimum absolute atomic E-state index is 0.0626. The van der Waals surface area contributed by atoms with E-state index in [-0.39, 0.29) is 11.5 Å². The van der Waals surface area contributed by atoms with Gasteiger partial charge in [-0.05, 0) is 42.7 Å². The summed E-state index contributed by atoms with van der Waals surface area (Å²) in [6.45, 7) is 4.70. The number of hydrogen-bond acceptors (Lipinski definition) is 3. The predicted octanol–water partition coefficient (Wildman–Crippen LogP) is 4.64. The van der Waals surface area contributed by atoms with Crippen molar-refractivity contribution in [1.82, 2.24) is 0 Å². The molecule has 2 N–H and O–H groups in total. The topological polar surface area (TPSA) is 49.7 Å². The van der Waals surface area contributed by atoms with Gasteiger partial charge >= 0.3 is 0 Å². The van der Waals surface area contributed by atoms with E-state index in [1.165, 1.54) is 18.9 Å². The molecular weight excluding hydrogens is 264 g/mol. The van der Waals surface area contributed by atoms with Gasteiger partial charge in [-0.3, -0.25) is 0 Å². The van der Waals surface area contributed by atoms with Gasteiger partial charge in [-0.15, -0.1) is 0 Å². The number of benzene rings is 2. The van der Waals surface area contributed by atoms with E-state index in [0.29, 0.717) is 5.56 Å². The van der Waals surface area contributed by atoms with Crippen LogP contribution in [0, 0.1) is 6.92 Å². The number of aromatic hydroxyl groups is 2. The van der Waals surface area contributed by atoms with Crippen molar-refractivity contribution in [2.45, 2.75) is 33.1 Å². The van der Waals surface area contributed by atoms with E-state index in [2.05, 4.69) is 6.92 Å². The molecule has 0 aliphatic rings. The van der Waals surface area contributed by atoms with Crippen LogP contribution < -0.4 is 4.74 Å². The molecule has 0 aromatic heterocycles. The van der Waals surface area contributed by atoms with Gasteiger partial charge in [-0.2, -0.15) is 0 Å². The number of phenols is 2. The molecule has 0 saturated carbocycles. The molecule has 2 aromatic carbocycles. The third-order valence-corrected chi connectivity index (χ3v) is 3.59. The zero-order valence-corrected chi connectivity index (χ0v) is 12.6. The Balaban J connectivity index is 2.10. The minimum atomic E-state index is -0.0906. The van der Waals surface area contributed by atoms with E-state index < -0.39 is 0 Å². The third kappa shape index (κ3) is 3.69. The lowest BCUT2D eigenvalue weighted by molar-refractivity contribution is 0.306. The predicted molar refractivity (Wildman–Crippen MR) is 85.0 cm³/mol. The molecule has 0 bridgehead atoms. The highest BCUT2D eigenvalue weighted by Gasteiger charge is 2.09. The second kappa shape index (κ2) is 7.02. The van der Waals surface area contributed by atoms with E-state index in [1.54, 1.807) is 6.92 Å². The van der Waals surface area contributed by atoms with Crippen LogP contribution in [0.1, 0.15) is 31.7 Å². The van der Waals surface area contributed by atoms with Gasteiger partial charge in [0.05, 0.1) is 6.61 Å². The van der Waals surface area contributed by atoms with E-state index in [4.69, 9.17) is 4.74 Å². The first kappa shape index (κ1) is 15.2. The monoisotopic (exact) mass is 286 g/mol. The summed E-state index contributed by atoms with van der Waals surface area (Å²) in [5.74, 6) is 0.704. The fourth-order valence-electron chi connectivity index (χ4n) is 2.27. The van der Waals surface area contributed by atoms with Crippen molar-refractivity contribution in [3.8, 4) is 28.4 Å². The SMILES string of the molecule is CCCCCOc1ccc(-c2ccc(O)c(O)c2C)cc1. The maximum atomic E-state index is 9.79. The van der Waals surface area contributed by atoms with Crippen LogP contribution >= 0.6 is 0 Å². The number of phenolic OH excluding ortho intramolecular Hbond substituents is 2. The number of unbranched alkanes of at least 4 members (excludes halogenated alkanes) is 2. The molecule has 21 heavy (non-hydrogen) atoms. The number of ether oxygens (including phenoxy) is 1. The molecule has 0 fully saturated rings. The second-order valence-corrected chi connectivity index (χ2v) is 5.19. The molecule has 2 aromatic rings. The molecule has 0 aliphatic heterocycles. The van der Waals surface area contributed by atoms with Crippen molar-refractivity contribution < 1.29 is 14.9 Å². The van der Waals surface area contributed by atoms with Crippen molar-refractivity contribution in [3.63, 3.8) is 0 Å². The van der Waals surface area contributed by atoms with Crippen molar-refractivity contribution in [2.24, 2.45) is 0 Å². The lowest BCUT2D eigenvalue weighted by atomic mass is 9.99. The maximum Gasteiger partial charge on any atom is 0.161 e. The Morgan fingerprint density at radius 1 is 0.952 bits per heavy atom. The lowest BCUT2D eigenvalue weighted by Crippen LogP contribution is -1.96. The quantitative estimate of drug-likeness (QED) is 0.600. The Kier molecular flexibility index (Phi) is 5.09. The first-order valence-corrected chi connectivity index (χ1v) is 7.38. The number of rotatable bonds is 6. The van der Waals surface area contributed by atoms with Gasteiger partial charge < -0.3 is 14.9 Å². The molecule has 3 nitrogen and oxygen atoms in total. The Bertz CT molecular complexity index is 588. The average Bonchev–Trinajstić information content (AvgIpc) is 2.50. The molecule has 0 unspecified atom stereocenters. The normalized spacial score (nSPS) is 10.6. The average molecular weight is 286 g/mol. The first-order valence-electron chi connectivity index (χ1n) is 7.38. The fraction of sp³-hybridized carbons (Fsp3) is 0.333. The van der Waals surface area contributed by atoms with Gasteiger partial charge in [0.25, 0.3) is 0 Å². The maximum absolute atomic E-state index is 9.79. The molecule has 2 rings (SSSR count). The molecule has 3 heteroatoms. The van der Waals surface area contributed by atoms with E-state index in [9.17, 15) is 10.2 Å². The van der Waals surface area contributed by atoms with E-state index in [1.807, 2.05) is 30.3 Å². The minimum Gasteiger partial charge on any atom is -0.504 e. The highest BCUT2D eigenvalue weighted by Crippen LogP contribution is 2.36. The van der Waals surface area contributed by atoms with E-state index in [0.717, 1.165) is 29.9 Å². The second-order valence-electron chi connectivity index (χ2n) is 5.19. The highest BCUT2D eigenvalue weighted by molar-refractivity contribution is 5.72. The molecule has 0 heterocycles. The summed E-state index contributed by atoms with van der Waals surface area (Å²) in [5, 5.41) is 19.3. The van der Waals surface area contributed by atoms with E-state index >= 15 is 0 Å². The van der Waals surface area contributed by atoms with Crippen molar-refractivity contribution in [3.05, 3.63) is 42.0 Å². The summed E-state index contributed by atoms with van der Waals surface area (Å²) in [6.07, 6.45) is 3.44. The van der Waals surface area contributed by atoms with Crippen molar-refractivity contribution >= 4 is 0 Å². The molecule has 0 atom stereocenters. The zero-order valence-electron chi connectivity index (χ0n) is 12.6. The lowest BCUT2D eigenvalue weighted by Gasteiger charge is -2.10. The van der Waals surface area contributed by atoms with Crippen LogP contribution in [0.4, 0.5) is 0 Å². The molecule has 0 radical (unpaired) electrons. The van der Waals surface area contributed by atoms with Gasteiger partial charge in [0, 0.05) is 5.56 Å². The van der Waals surface area contributed by atoms with Crippen LogP contribution in [0.5, 0.6) is 17.2 Å². The molecule has 0 amide bonds. The number of hydrogen-bond donors (Lipinski definition) is 2. The van der Waals surface area contributed by atoms with Crippen LogP contribution in [-0.4, -0.2) is 16.8 Å². The summed E-state index contributed by atoms with van der Waals surface area (Å²) in [7, 11) is 0. The standard InChI is InChI=1S/C18H22O3/c1-3-4-5-12-21-15-8-6-14(7-9-15)16-10-11-17(19)18(20)13(16)2/h6-11,19-20H,3-5,12H2,1-2H3. The summed E-state index contributed by atoms with van der Waals surface area (Å²) < 4.78 is 5.68. The van der Waals surface area contributed by atoms with Gasteiger partial charge in [0.2, 0.25) is 0 Å². The Hall–Kier alpha value is -2.16. The highest BCUT2D eigenvalue weighted by atomic mass is 16.5. The molecule has 112 valence electrons. The molecule has 0 saturated heterocycles. The van der Waals surface area contributed by atoms with Gasteiger partial charge in [0.15, 0.2) is 11.5 Å². The summed E-state index contributed by atoms with van der Waals surface area (Å²) in [6, 6.07) is 11.1. The van der Waals surface area contributed by atoms with Crippen LogP contribution in [0.15, 0.2) is 36.4 Å². The van der Waals surface area contributed by atoms with Gasteiger partial charge in [-0.1, -0.05) is 38.0 Å². The zero-order chi connectivity index (χ0) is 15.2. The Labute approximate surface area is 125 Å². The molecule has 0 aliphatic carbocycles. The van der Waals surface area contributed by atoms with Crippen LogP contribution in [-0.2, 0) is 0 Å². The Morgan fingerprint density at radius 2 is 1.67 bits per heavy atom. The fourth-order valence-corrected chi connectivity index (χ4v) is 2.27. The summed E-state index contributed by atoms with van der Waals surface area (Å²) >= 11 is 0. The van der Waals surface area contributed by atoms with Crippen molar-refractivity contribution in [2.75, 3.05) is 6.61 Å². The first-order chi connectivity index (χ1) is 10.1. The third-order valence-electron chi connectivity index (χ3n) is 3.59. The summed E-state index contributed by atoms with van der Waals surface area (Å²) in [4.78, 5) is 0.